The van der Waals surface area contributed by atoms with E-state index in [4.69, 9.17) is 0 Å². The van der Waals surface area contributed by atoms with Gasteiger partial charge in [-0.1, -0.05) is 18.2 Å². The van der Waals surface area contributed by atoms with E-state index in [1.54, 1.807) is 24.4 Å². The zero-order chi connectivity index (χ0) is 20.2. The van der Waals surface area contributed by atoms with E-state index in [0.717, 1.165) is 22.2 Å². The molecule has 0 saturated carbocycles. The van der Waals surface area contributed by atoms with E-state index < -0.39 is 0 Å². The highest BCUT2D eigenvalue weighted by Gasteiger charge is 2.09. The lowest BCUT2D eigenvalue weighted by molar-refractivity contribution is -0.120. The minimum Gasteiger partial charge on any atom is -0.355 e. The lowest BCUT2D eigenvalue weighted by atomic mass is 10.1. The molecule has 4 rings (SSSR count). The molecule has 4 aromatic rings. The van der Waals surface area contributed by atoms with E-state index in [1.807, 2.05) is 24.3 Å². The second-order valence-corrected chi connectivity index (χ2v) is 6.74. The van der Waals surface area contributed by atoms with Crippen LogP contribution in [0.4, 0.5) is 4.39 Å². The summed E-state index contributed by atoms with van der Waals surface area (Å²) in [6.45, 7) is 0.390. The monoisotopic (exact) mass is 390 g/mol. The first-order chi connectivity index (χ1) is 14.1. The molecule has 0 aliphatic heterocycles. The number of imidazole rings is 1. The van der Waals surface area contributed by atoms with Gasteiger partial charge < -0.3 is 15.3 Å². The van der Waals surface area contributed by atoms with Gasteiger partial charge in [-0.25, -0.2) is 9.37 Å². The number of halogens is 1. The maximum atomic E-state index is 13.0. The zero-order valence-electron chi connectivity index (χ0n) is 15.5. The summed E-state index contributed by atoms with van der Waals surface area (Å²) in [5.74, 6) is 0.200. The van der Waals surface area contributed by atoms with Gasteiger partial charge in [0.25, 0.3) is 5.56 Å². The maximum absolute atomic E-state index is 13.0. The third-order valence-corrected chi connectivity index (χ3v) is 4.65. The van der Waals surface area contributed by atoms with Crippen molar-refractivity contribution in [3.63, 3.8) is 0 Å². The summed E-state index contributed by atoms with van der Waals surface area (Å²) in [5, 5.41) is 3.70. The van der Waals surface area contributed by atoms with Crippen molar-refractivity contribution in [1.82, 2.24) is 20.3 Å². The van der Waals surface area contributed by atoms with E-state index in [9.17, 15) is 14.0 Å². The molecule has 146 valence electrons. The van der Waals surface area contributed by atoms with Gasteiger partial charge in [0.1, 0.15) is 11.6 Å². The fourth-order valence-electron chi connectivity index (χ4n) is 3.15. The highest BCUT2D eigenvalue weighted by Crippen LogP contribution is 2.17. The van der Waals surface area contributed by atoms with Gasteiger partial charge in [0.05, 0.1) is 18.3 Å². The number of para-hydroxylation sites is 1. The van der Waals surface area contributed by atoms with Crippen molar-refractivity contribution in [2.24, 2.45) is 0 Å². The third kappa shape index (κ3) is 4.40. The lowest BCUT2D eigenvalue weighted by Crippen LogP contribution is -2.29. The standard InChI is InChI=1S/C22H19FN4O2/c23-17-7-5-14(6-8-17)19-13-25-20(26-19)9-10-24-21(28)12-16-11-15-3-1-2-4-18(15)27-22(16)29/h1-8,11,13H,9-10,12H2,(H,24,28)(H,25,26)(H,27,29). The van der Waals surface area contributed by atoms with Gasteiger partial charge in [-0.2, -0.15) is 0 Å². The molecule has 2 aromatic carbocycles. The van der Waals surface area contributed by atoms with Gasteiger partial charge in [0, 0.05) is 24.0 Å². The van der Waals surface area contributed by atoms with Crippen LogP contribution in [0.3, 0.4) is 0 Å². The van der Waals surface area contributed by atoms with Crippen LogP contribution >= 0.6 is 0 Å². The average Bonchev–Trinajstić information content (AvgIpc) is 3.18. The van der Waals surface area contributed by atoms with Crippen LogP contribution in [0.2, 0.25) is 0 Å². The largest absolute Gasteiger partial charge is 0.355 e. The molecular weight excluding hydrogens is 371 g/mol. The second-order valence-electron chi connectivity index (χ2n) is 6.74. The third-order valence-electron chi connectivity index (χ3n) is 4.65. The van der Waals surface area contributed by atoms with Crippen LogP contribution in [0.1, 0.15) is 11.4 Å². The fraction of sp³-hybridized carbons (Fsp3) is 0.136. The summed E-state index contributed by atoms with van der Waals surface area (Å²) in [6, 6.07) is 15.3. The van der Waals surface area contributed by atoms with E-state index in [2.05, 4.69) is 20.3 Å². The second kappa shape index (κ2) is 8.10. The summed E-state index contributed by atoms with van der Waals surface area (Å²) in [6.07, 6.45) is 2.21. The molecule has 0 radical (unpaired) electrons. The molecule has 0 bridgehead atoms. The van der Waals surface area contributed by atoms with Crippen LogP contribution in [0.5, 0.6) is 0 Å². The smallest absolute Gasteiger partial charge is 0.252 e. The SMILES string of the molecule is O=C(Cc1cc2ccccc2[nH]c1=O)NCCc1ncc(-c2ccc(F)cc2)[nH]1. The number of H-pyrrole nitrogens is 2. The Hall–Kier alpha value is -3.74. The zero-order valence-corrected chi connectivity index (χ0v) is 15.5. The van der Waals surface area contributed by atoms with Crippen LogP contribution < -0.4 is 10.9 Å². The van der Waals surface area contributed by atoms with Gasteiger partial charge in [-0.05, 0) is 47.3 Å². The van der Waals surface area contributed by atoms with Crippen molar-refractivity contribution < 1.29 is 9.18 Å². The Labute approximate surface area is 165 Å². The normalized spacial score (nSPS) is 10.9. The number of hydrogen-bond acceptors (Lipinski definition) is 3. The first kappa shape index (κ1) is 18.6. The van der Waals surface area contributed by atoms with Crippen molar-refractivity contribution in [3.8, 4) is 11.3 Å². The number of hydrogen-bond donors (Lipinski definition) is 3. The van der Waals surface area contributed by atoms with Gasteiger partial charge in [-0.3, -0.25) is 9.59 Å². The van der Waals surface area contributed by atoms with Gasteiger partial charge in [0.2, 0.25) is 5.91 Å². The number of nitrogens with one attached hydrogen (secondary N) is 3. The van der Waals surface area contributed by atoms with Crippen molar-refractivity contribution in [3.05, 3.63) is 88.4 Å². The summed E-state index contributed by atoms with van der Waals surface area (Å²) in [4.78, 5) is 34.6. The number of pyridine rings is 1. The van der Waals surface area contributed by atoms with Gasteiger partial charge >= 0.3 is 0 Å². The lowest BCUT2D eigenvalue weighted by Gasteiger charge is -2.05. The van der Waals surface area contributed by atoms with Crippen molar-refractivity contribution in [1.29, 1.82) is 0 Å². The number of nitrogens with zero attached hydrogens (tertiary/aromatic N) is 1. The highest BCUT2D eigenvalue weighted by molar-refractivity contribution is 5.82. The van der Waals surface area contributed by atoms with Crippen LogP contribution in [0.25, 0.3) is 22.2 Å². The number of amides is 1. The Bertz CT molecular complexity index is 1210. The van der Waals surface area contributed by atoms with Crippen molar-refractivity contribution >= 4 is 16.8 Å². The molecular formula is C22H19FN4O2. The molecule has 0 fully saturated rings. The molecule has 0 unspecified atom stereocenters. The van der Waals surface area contributed by atoms with Crippen molar-refractivity contribution in [2.45, 2.75) is 12.8 Å². The fourth-order valence-corrected chi connectivity index (χ4v) is 3.15. The summed E-state index contributed by atoms with van der Waals surface area (Å²) in [7, 11) is 0. The predicted molar refractivity (Wildman–Crippen MR) is 109 cm³/mol. The Morgan fingerprint density at radius 1 is 1.07 bits per heavy atom. The molecule has 29 heavy (non-hydrogen) atoms. The first-order valence-electron chi connectivity index (χ1n) is 9.26. The number of fused-ring (bicyclic) bond motifs is 1. The van der Waals surface area contributed by atoms with Crippen LogP contribution in [0.15, 0.2) is 65.6 Å². The Kier molecular flexibility index (Phi) is 5.20. The van der Waals surface area contributed by atoms with E-state index in [-0.39, 0.29) is 23.7 Å². The first-order valence-corrected chi connectivity index (χ1v) is 9.26. The molecule has 0 aliphatic carbocycles. The number of rotatable bonds is 6. The summed E-state index contributed by atoms with van der Waals surface area (Å²) >= 11 is 0. The van der Waals surface area contributed by atoms with Crippen LogP contribution in [-0.4, -0.2) is 27.4 Å². The molecule has 1 amide bonds. The van der Waals surface area contributed by atoms with Gasteiger partial charge in [-0.15, -0.1) is 0 Å². The van der Waals surface area contributed by atoms with E-state index in [1.165, 1.54) is 12.1 Å². The van der Waals surface area contributed by atoms with Crippen molar-refractivity contribution in [2.75, 3.05) is 6.54 Å². The topological polar surface area (TPSA) is 90.6 Å². The predicted octanol–water partition coefficient (Wildman–Crippen LogP) is 2.96. The Morgan fingerprint density at radius 2 is 1.86 bits per heavy atom. The molecule has 6 nitrogen and oxygen atoms in total. The summed E-state index contributed by atoms with van der Waals surface area (Å²) < 4.78 is 13.0. The number of aromatic amines is 2. The minimum absolute atomic E-state index is 0.0130. The summed E-state index contributed by atoms with van der Waals surface area (Å²) in [5.41, 5.74) is 2.54. The average molecular weight is 390 g/mol. The number of carbonyl (C=O) groups excluding carboxylic acids is 1. The Balaban J connectivity index is 1.33. The van der Waals surface area contributed by atoms with Crippen LogP contribution in [-0.2, 0) is 17.6 Å². The molecule has 2 aromatic heterocycles. The molecule has 7 heteroatoms. The molecule has 0 spiro atoms. The van der Waals surface area contributed by atoms with Crippen LogP contribution in [0, 0.1) is 5.82 Å². The van der Waals surface area contributed by atoms with E-state index in [0.29, 0.717) is 24.4 Å². The molecule has 3 N–H and O–H groups in total. The molecule has 0 saturated heterocycles. The molecule has 0 aliphatic rings. The number of carbonyl (C=O) groups is 1. The molecule has 2 heterocycles. The maximum Gasteiger partial charge on any atom is 0.252 e. The van der Waals surface area contributed by atoms with E-state index >= 15 is 0 Å². The van der Waals surface area contributed by atoms with Gasteiger partial charge in [0.15, 0.2) is 0 Å². The minimum atomic E-state index is -0.290. The molecule has 0 atom stereocenters. The number of aromatic nitrogens is 3. The Morgan fingerprint density at radius 3 is 2.69 bits per heavy atom. The quantitative estimate of drug-likeness (QED) is 0.473. The number of benzene rings is 2. The highest BCUT2D eigenvalue weighted by atomic mass is 19.1.